The molecule has 0 aliphatic rings. The molecule has 1 rings (SSSR count). The first-order chi connectivity index (χ1) is 7.95. The smallest absolute Gasteiger partial charge is 0.0216 e. The molecular formula is C15H26N2. The van der Waals surface area contributed by atoms with E-state index in [1.54, 1.807) is 0 Å². The molecule has 0 saturated carbocycles. The van der Waals surface area contributed by atoms with Crippen LogP contribution in [0.4, 0.5) is 0 Å². The fourth-order valence-electron chi connectivity index (χ4n) is 2.31. The predicted octanol–water partition coefficient (Wildman–Crippen LogP) is 2.68. The number of benzene rings is 1. The Bertz CT molecular complexity index is 346. The lowest BCUT2D eigenvalue weighted by Crippen LogP contribution is -2.40. The minimum absolute atomic E-state index is 0.398. The van der Waals surface area contributed by atoms with Crippen molar-refractivity contribution in [2.24, 2.45) is 11.7 Å². The molecule has 0 spiro atoms. The van der Waals surface area contributed by atoms with Crippen LogP contribution in [0.3, 0.4) is 0 Å². The van der Waals surface area contributed by atoms with E-state index in [1.165, 1.54) is 22.3 Å². The van der Waals surface area contributed by atoms with Crippen molar-refractivity contribution < 1.29 is 0 Å². The third kappa shape index (κ3) is 3.83. The average Bonchev–Trinajstić information content (AvgIpc) is 2.21. The van der Waals surface area contributed by atoms with Crippen molar-refractivity contribution in [3.05, 3.63) is 34.4 Å². The van der Waals surface area contributed by atoms with Crippen LogP contribution in [0.1, 0.15) is 36.1 Å². The van der Waals surface area contributed by atoms with E-state index in [-0.39, 0.29) is 0 Å². The Kier molecular flexibility index (Phi) is 5.16. The van der Waals surface area contributed by atoms with E-state index >= 15 is 0 Å². The molecule has 0 radical (unpaired) electrons. The number of hydrogen-bond donors (Lipinski definition) is 2. The Morgan fingerprint density at radius 1 is 1.12 bits per heavy atom. The van der Waals surface area contributed by atoms with Crippen molar-refractivity contribution in [2.45, 2.75) is 47.2 Å². The van der Waals surface area contributed by atoms with Gasteiger partial charge < -0.3 is 11.1 Å². The van der Waals surface area contributed by atoms with Crippen molar-refractivity contribution >= 4 is 0 Å². The number of hydrogen-bond acceptors (Lipinski definition) is 2. The highest BCUT2D eigenvalue weighted by Gasteiger charge is 2.11. The quantitative estimate of drug-likeness (QED) is 0.822. The lowest BCUT2D eigenvalue weighted by molar-refractivity contribution is 0.404. The van der Waals surface area contributed by atoms with Crippen molar-refractivity contribution in [2.75, 3.05) is 6.54 Å². The standard InChI is InChI=1S/C15H26N2/c1-10(2)15(8-16)17-9-14-12(4)6-11(3)7-13(14)5/h6-7,10,15,17H,8-9,16H2,1-5H3. The second kappa shape index (κ2) is 6.18. The van der Waals surface area contributed by atoms with Crippen molar-refractivity contribution in [3.63, 3.8) is 0 Å². The Hall–Kier alpha value is -0.860. The van der Waals surface area contributed by atoms with Gasteiger partial charge in [-0.05, 0) is 43.4 Å². The van der Waals surface area contributed by atoms with Gasteiger partial charge in [-0.3, -0.25) is 0 Å². The van der Waals surface area contributed by atoms with E-state index in [2.05, 4.69) is 52.1 Å². The van der Waals surface area contributed by atoms with Crippen molar-refractivity contribution in [3.8, 4) is 0 Å². The number of aryl methyl sites for hydroxylation is 3. The van der Waals surface area contributed by atoms with Crippen LogP contribution < -0.4 is 11.1 Å². The molecule has 3 N–H and O–H groups in total. The van der Waals surface area contributed by atoms with E-state index < -0.39 is 0 Å². The topological polar surface area (TPSA) is 38.0 Å². The minimum atomic E-state index is 0.398. The largest absolute Gasteiger partial charge is 0.329 e. The van der Waals surface area contributed by atoms with Gasteiger partial charge >= 0.3 is 0 Å². The zero-order valence-corrected chi connectivity index (χ0v) is 11.8. The molecule has 0 aromatic heterocycles. The third-order valence-electron chi connectivity index (χ3n) is 3.44. The fourth-order valence-corrected chi connectivity index (χ4v) is 2.31. The van der Waals surface area contributed by atoms with E-state index in [0.717, 1.165) is 6.54 Å². The summed E-state index contributed by atoms with van der Waals surface area (Å²) in [5.74, 6) is 0.575. The molecule has 1 atom stereocenters. The molecule has 0 aliphatic carbocycles. The maximum atomic E-state index is 5.78. The third-order valence-corrected chi connectivity index (χ3v) is 3.44. The summed E-state index contributed by atoms with van der Waals surface area (Å²) in [6.45, 7) is 12.5. The van der Waals surface area contributed by atoms with E-state index in [1.807, 2.05) is 0 Å². The molecule has 96 valence electrons. The Morgan fingerprint density at radius 2 is 1.65 bits per heavy atom. The normalized spacial score (nSPS) is 13.1. The molecule has 0 bridgehead atoms. The Labute approximate surface area is 106 Å². The zero-order valence-electron chi connectivity index (χ0n) is 11.8. The molecule has 1 aromatic carbocycles. The maximum Gasteiger partial charge on any atom is 0.0216 e. The van der Waals surface area contributed by atoms with Gasteiger partial charge in [-0.25, -0.2) is 0 Å². The summed E-state index contributed by atoms with van der Waals surface area (Å²) in [4.78, 5) is 0. The van der Waals surface area contributed by atoms with Crippen LogP contribution in [-0.2, 0) is 6.54 Å². The lowest BCUT2D eigenvalue weighted by Gasteiger charge is -2.22. The molecule has 0 amide bonds. The van der Waals surface area contributed by atoms with Crippen LogP contribution in [0.2, 0.25) is 0 Å². The summed E-state index contributed by atoms with van der Waals surface area (Å²) in [5.41, 5.74) is 11.3. The number of nitrogens with one attached hydrogen (secondary N) is 1. The first kappa shape index (κ1) is 14.2. The van der Waals surface area contributed by atoms with Gasteiger partial charge in [-0.2, -0.15) is 0 Å². The second-order valence-electron chi connectivity index (χ2n) is 5.34. The summed E-state index contributed by atoms with van der Waals surface area (Å²) < 4.78 is 0. The van der Waals surface area contributed by atoms with Crippen LogP contribution in [0.15, 0.2) is 12.1 Å². The molecular weight excluding hydrogens is 208 g/mol. The van der Waals surface area contributed by atoms with Gasteiger partial charge in [0.05, 0.1) is 0 Å². The van der Waals surface area contributed by atoms with E-state index in [0.29, 0.717) is 18.5 Å². The fraction of sp³-hybridized carbons (Fsp3) is 0.600. The Balaban J connectivity index is 2.75. The molecule has 0 fully saturated rings. The predicted molar refractivity (Wildman–Crippen MR) is 75.2 cm³/mol. The molecule has 0 saturated heterocycles. The van der Waals surface area contributed by atoms with Crippen LogP contribution in [0, 0.1) is 26.7 Å². The summed E-state index contributed by atoms with van der Waals surface area (Å²) >= 11 is 0. The maximum absolute atomic E-state index is 5.78. The van der Waals surface area contributed by atoms with Crippen LogP contribution in [-0.4, -0.2) is 12.6 Å². The van der Waals surface area contributed by atoms with Gasteiger partial charge in [0.2, 0.25) is 0 Å². The van der Waals surface area contributed by atoms with E-state index in [9.17, 15) is 0 Å². The molecule has 2 heteroatoms. The van der Waals surface area contributed by atoms with Gasteiger partial charge in [0, 0.05) is 19.1 Å². The molecule has 1 unspecified atom stereocenters. The van der Waals surface area contributed by atoms with Crippen molar-refractivity contribution in [1.29, 1.82) is 0 Å². The molecule has 0 aliphatic heterocycles. The van der Waals surface area contributed by atoms with Crippen LogP contribution in [0.25, 0.3) is 0 Å². The van der Waals surface area contributed by atoms with Gasteiger partial charge in [-0.1, -0.05) is 31.5 Å². The van der Waals surface area contributed by atoms with Gasteiger partial charge in [0.25, 0.3) is 0 Å². The molecule has 2 nitrogen and oxygen atoms in total. The summed E-state index contributed by atoms with van der Waals surface area (Å²) in [5, 5.41) is 3.56. The van der Waals surface area contributed by atoms with Crippen LogP contribution in [0.5, 0.6) is 0 Å². The highest BCUT2D eigenvalue weighted by molar-refractivity contribution is 5.37. The molecule has 1 aromatic rings. The van der Waals surface area contributed by atoms with Gasteiger partial charge in [-0.15, -0.1) is 0 Å². The van der Waals surface area contributed by atoms with E-state index in [4.69, 9.17) is 5.73 Å². The summed E-state index contributed by atoms with van der Waals surface area (Å²) in [7, 11) is 0. The highest BCUT2D eigenvalue weighted by atomic mass is 14.9. The molecule has 0 heterocycles. The highest BCUT2D eigenvalue weighted by Crippen LogP contribution is 2.16. The second-order valence-corrected chi connectivity index (χ2v) is 5.34. The average molecular weight is 234 g/mol. The SMILES string of the molecule is Cc1cc(C)c(CNC(CN)C(C)C)c(C)c1. The number of rotatable bonds is 5. The minimum Gasteiger partial charge on any atom is -0.329 e. The first-order valence-corrected chi connectivity index (χ1v) is 6.46. The summed E-state index contributed by atoms with van der Waals surface area (Å²) in [6, 6.07) is 4.89. The Morgan fingerprint density at radius 3 is 2.06 bits per heavy atom. The monoisotopic (exact) mass is 234 g/mol. The van der Waals surface area contributed by atoms with Crippen LogP contribution >= 0.6 is 0 Å². The zero-order chi connectivity index (χ0) is 13.0. The van der Waals surface area contributed by atoms with Gasteiger partial charge in [0.15, 0.2) is 0 Å². The molecule has 17 heavy (non-hydrogen) atoms. The number of nitrogens with two attached hydrogens (primary N) is 1. The lowest BCUT2D eigenvalue weighted by atomic mass is 9.98. The van der Waals surface area contributed by atoms with Gasteiger partial charge in [0.1, 0.15) is 0 Å². The first-order valence-electron chi connectivity index (χ1n) is 6.46. The van der Waals surface area contributed by atoms with Crippen molar-refractivity contribution in [1.82, 2.24) is 5.32 Å². The summed E-state index contributed by atoms with van der Waals surface area (Å²) in [6.07, 6.45) is 0.